The van der Waals surface area contributed by atoms with Crippen LogP contribution in [0.25, 0.3) is 0 Å². The van der Waals surface area contributed by atoms with Gasteiger partial charge in [0, 0.05) is 15.9 Å². The Labute approximate surface area is 141 Å². The number of carboxylic acids is 1. The number of hydrogen-bond acceptors (Lipinski definition) is 2. The lowest BCUT2D eigenvalue weighted by atomic mass is 10.1. The van der Waals surface area contributed by atoms with Gasteiger partial charge in [-0.15, -0.1) is 0 Å². The van der Waals surface area contributed by atoms with Crippen LogP contribution in [0.1, 0.15) is 5.56 Å². The van der Waals surface area contributed by atoms with Crippen molar-refractivity contribution < 1.29 is 14.5 Å². The van der Waals surface area contributed by atoms with Crippen LogP contribution in [0.2, 0.25) is 0 Å². The van der Waals surface area contributed by atoms with Gasteiger partial charge in [0.05, 0.1) is 6.42 Å². The van der Waals surface area contributed by atoms with Crippen LogP contribution < -0.4 is 15.9 Å². The van der Waals surface area contributed by atoms with E-state index in [0.29, 0.717) is 21.5 Å². The average molecular weight is 336 g/mol. The molecule has 1 N–H and O–H groups in total. The molecule has 4 heteroatoms. The van der Waals surface area contributed by atoms with Gasteiger partial charge < -0.3 is 9.67 Å². The van der Waals surface area contributed by atoms with E-state index in [1.54, 1.807) is 24.3 Å². The van der Waals surface area contributed by atoms with Gasteiger partial charge in [0.2, 0.25) is 0 Å². The number of benzene rings is 3. The zero-order chi connectivity index (χ0) is 17.0. The van der Waals surface area contributed by atoms with Crippen LogP contribution >= 0.6 is 7.14 Å². The molecule has 0 heterocycles. The Morgan fingerprint density at radius 3 is 1.71 bits per heavy atom. The van der Waals surface area contributed by atoms with Gasteiger partial charge >= 0.3 is 5.97 Å². The molecule has 3 nitrogen and oxygen atoms in total. The van der Waals surface area contributed by atoms with E-state index in [4.69, 9.17) is 0 Å². The first-order valence-corrected chi connectivity index (χ1v) is 9.34. The van der Waals surface area contributed by atoms with Crippen molar-refractivity contribution in [2.45, 2.75) is 6.42 Å². The summed E-state index contributed by atoms with van der Waals surface area (Å²) < 4.78 is 14.2. The lowest BCUT2D eigenvalue weighted by Crippen LogP contribution is -2.28. The fraction of sp³-hybridized carbons (Fsp3) is 0.0500. The Morgan fingerprint density at radius 1 is 0.750 bits per heavy atom. The summed E-state index contributed by atoms with van der Waals surface area (Å²) in [6.07, 6.45) is -0.153. The topological polar surface area (TPSA) is 54.4 Å². The third-order valence-corrected chi connectivity index (χ3v) is 7.08. The van der Waals surface area contributed by atoms with E-state index >= 15 is 0 Å². The Hall–Kier alpha value is -2.64. The van der Waals surface area contributed by atoms with E-state index in [0.717, 1.165) is 0 Å². The van der Waals surface area contributed by atoms with Gasteiger partial charge in [0.1, 0.15) is 0 Å². The molecule has 0 spiro atoms. The molecular formula is C20H17O3P. The third kappa shape index (κ3) is 3.04. The van der Waals surface area contributed by atoms with Gasteiger partial charge in [-0.3, -0.25) is 4.79 Å². The first-order chi connectivity index (χ1) is 11.6. The molecule has 0 unspecified atom stereocenters. The van der Waals surface area contributed by atoms with Crippen LogP contribution in [0, 0.1) is 0 Å². The molecule has 0 bridgehead atoms. The summed E-state index contributed by atoms with van der Waals surface area (Å²) in [6, 6.07) is 25.6. The largest absolute Gasteiger partial charge is 0.481 e. The summed E-state index contributed by atoms with van der Waals surface area (Å²) >= 11 is 0. The molecule has 3 aromatic carbocycles. The van der Waals surface area contributed by atoms with Crippen LogP contribution in [0.3, 0.4) is 0 Å². The number of carbonyl (C=O) groups is 1. The number of hydrogen-bond donors (Lipinski definition) is 1. The van der Waals surface area contributed by atoms with Crippen molar-refractivity contribution in [1.82, 2.24) is 0 Å². The molecule has 24 heavy (non-hydrogen) atoms. The summed E-state index contributed by atoms with van der Waals surface area (Å²) in [5.41, 5.74) is 0.584. The Kier molecular flexibility index (Phi) is 4.64. The molecule has 0 aromatic heterocycles. The van der Waals surface area contributed by atoms with Crippen LogP contribution in [0.5, 0.6) is 0 Å². The molecule has 0 atom stereocenters. The smallest absolute Gasteiger partial charge is 0.307 e. The summed E-state index contributed by atoms with van der Waals surface area (Å²) in [7, 11) is -3.13. The van der Waals surface area contributed by atoms with Gasteiger partial charge in [0.25, 0.3) is 0 Å². The maximum Gasteiger partial charge on any atom is 0.307 e. The second-order valence-electron chi connectivity index (χ2n) is 5.48. The number of rotatable bonds is 5. The molecule has 0 saturated heterocycles. The molecule has 0 amide bonds. The molecule has 0 saturated carbocycles. The molecule has 120 valence electrons. The molecule has 0 radical (unpaired) electrons. The SMILES string of the molecule is O=C(O)Cc1ccccc1P(=O)(c1ccccc1)c1ccccc1. The van der Waals surface area contributed by atoms with Crippen LogP contribution in [0.4, 0.5) is 0 Å². The van der Waals surface area contributed by atoms with Crippen molar-refractivity contribution in [1.29, 1.82) is 0 Å². The lowest BCUT2D eigenvalue weighted by molar-refractivity contribution is -0.136. The normalized spacial score (nSPS) is 11.2. The summed E-state index contributed by atoms with van der Waals surface area (Å²) in [5, 5.41) is 11.2. The first kappa shape index (κ1) is 16.2. The second kappa shape index (κ2) is 6.86. The van der Waals surface area contributed by atoms with Crippen molar-refractivity contribution in [2.75, 3.05) is 0 Å². The van der Waals surface area contributed by atoms with E-state index in [2.05, 4.69) is 0 Å². The zero-order valence-corrected chi connectivity index (χ0v) is 13.9. The minimum absolute atomic E-state index is 0.153. The maximum absolute atomic E-state index is 14.2. The van der Waals surface area contributed by atoms with Gasteiger partial charge in [0.15, 0.2) is 7.14 Å². The fourth-order valence-corrected chi connectivity index (χ4v) is 5.73. The van der Waals surface area contributed by atoms with Crippen LogP contribution in [-0.4, -0.2) is 11.1 Å². The molecule has 0 aliphatic carbocycles. The maximum atomic E-state index is 14.2. The highest BCUT2D eigenvalue weighted by atomic mass is 31.2. The van der Waals surface area contributed by atoms with E-state index in [1.807, 2.05) is 60.7 Å². The highest BCUT2D eigenvalue weighted by Crippen LogP contribution is 2.43. The van der Waals surface area contributed by atoms with E-state index in [-0.39, 0.29) is 6.42 Å². The monoisotopic (exact) mass is 336 g/mol. The summed E-state index contributed by atoms with van der Waals surface area (Å²) in [4.78, 5) is 11.2. The van der Waals surface area contributed by atoms with E-state index in [9.17, 15) is 14.5 Å². The van der Waals surface area contributed by atoms with Crippen LogP contribution in [0.15, 0.2) is 84.9 Å². The second-order valence-corrected chi connectivity index (χ2v) is 8.21. The van der Waals surface area contributed by atoms with Gasteiger partial charge in [-0.25, -0.2) is 0 Å². The van der Waals surface area contributed by atoms with Crippen molar-refractivity contribution in [3.63, 3.8) is 0 Å². The summed E-state index contributed by atoms with van der Waals surface area (Å²) in [5.74, 6) is -0.935. The lowest BCUT2D eigenvalue weighted by Gasteiger charge is -2.22. The van der Waals surface area contributed by atoms with Gasteiger partial charge in [-0.05, 0) is 5.56 Å². The van der Waals surface area contributed by atoms with Gasteiger partial charge in [-0.2, -0.15) is 0 Å². The first-order valence-electron chi connectivity index (χ1n) is 7.64. The van der Waals surface area contributed by atoms with E-state index in [1.165, 1.54) is 0 Å². The highest BCUT2D eigenvalue weighted by molar-refractivity contribution is 7.85. The van der Waals surface area contributed by atoms with Crippen molar-refractivity contribution >= 4 is 29.0 Å². The van der Waals surface area contributed by atoms with Crippen LogP contribution in [-0.2, 0) is 15.8 Å². The predicted octanol–water partition coefficient (Wildman–Crippen LogP) is 2.95. The molecule has 3 aromatic rings. The van der Waals surface area contributed by atoms with Gasteiger partial charge in [-0.1, -0.05) is 84.9 Å². The molecule has 0 aliphatic heterocycles. The molecule has 0 aliphatic rings. The standard InChI is InChI=1S/C20H17O3P/c21-20(22)15-16-9-7-8-14-19(16)24(23,17-10-3-1-4-11-17)18-12-5-2-6-13-18/h1-14H,15H2,(H,21,22). The fourth-order valence-electron chi connectivity index (χ4n) is 2.83. The highest BCUT2D eigenvalue weighted by Gasteiger charge is 2.31. The van der Waals surface area contributed by atoms with Crippen molar-refractivity contribution in [3.05, 3.63) is 90.5 Å². The molecule has 3 rings (SSSR count). The number of aliphatic carboxylic acids is 1. The zero-order valence-electron chi connectivity index (χ0n) is 13.0. The molecular weight excluding hydrogens is 319 g/mol. The van der Waals surface area contributed by atoms with E-state index < -0.39 is 13.1 Å². The average Bonchev–Trinajstić information content (AvgIpc) is 2.62. The van der Waals surface area contributed by atoms with Crippen molar-refractivity contribution in [2.24, 2.45) is 0 Å². The predicted molar refractivity (Wildman–Crippen MR) is 97.2 cm³/mol. The Morgan fingerprint density at radius 2 is 1.21 bits per heavy atom. The quantitative estimate of drug-likeness (QED) is 0.729. The minimum Gasteiger partial charge on any atom is -0.481 e. The number of carboxylic acid groups (broad SMARTS) is 1. The molecule has 0 fully saturated rings. The Bertz CT molecular complexity index is 846. The Balaban J connectivity index is 2.29. The summed E-state index contributed by atoms with van der Waals surface area (Å²) in [6.45, 7) is 0. The van der Waals surface area contributed by atoms with Crippen molar-refractivity contribution in [3.8, 4) is 0 Å². The third-order valence-electron chi connectivity index (χ3n) is 3.91. The minimum atomic E-state index is -3.13.